The van der Waals surface area contributed by atoms with Crippen LogP contribution in [0.15, 0.2) is 48.5 Å². The third-order valence-corrected chi connectivity index (χ3v) is 4.07. The smallest absolute Gasteiger partial charge is 0.319 e. The van der Waals surface area contributed by atoms with E-state index in [-0.39, 0.29) is 6.03 Å². The fourth-order valence-corrected chi connectivity index (χ4v) is 2.63. The van der Waals surface area contributed by atoms with E-state index in [1.807, 2.05) is 62.4 Å². The second-order valence-electron chi connectivity index (χ2n) is 6.67. The van der Waals surface area contributed by atoms with Crippen LogP contribution in [0.1, 0.15) is 44.7 Å². The molecular formula is C20H26N2O2. The molecule has 2 aromatic carbocycles. The van der Waals surface area contributed by atoms with Gasteiger partial charge in [-0.3, -0.25) is 0 Å². The number of carbonyl (C=O) groups excluding carboxylic acids is 1. The molecule has 128 valence electrons. The van der Waals surface area contributed by atoms with Gasteiger partial charge in [-0.05, 0) is 49.1 Å². The molecule has 0 radical (unpaired) electrons. The van der Waals surface area contributed by atoms with Crippen LogP contribution < -0.4 is 15.4 Å². The molecule has 0 saturated heterocycles. The molecule has 2 amide bonds. The van der Waals surface area contributed by atoms with Crippen LogP contribution in [0, 0.1) is 0 Å². The number of rotatable bonds is 5. The standard InChI is InChI=1S/C20H26N2O2/c1-14(2)17-8-6-7-9-18(17)21-19(23)22-20(3,4)15-10-12-16(24-5)13-11-15/h6-14H,1-5H3,(H2,21,22,23). The van der Waals surface area contributed by atoms with Gasteiger partial charge in [-0.1, -0.05) is 44.2 Å². The van der Waals surface area contributed by atoms with Gasteiger partial charge < -0.3 is 15.4 Å². The van der Waals surface area contributed by atoms with Gasteiger partial charge in [-0.2, -0.15) is 0 Å². The summed E-state index contributed by atoms with van der Waals surface area (Å²) in [4.78, 5) is 12.5. The Hall–Kier alpha value is -2.49. The van der Waals surface area contributed by atoms with Crippen molar-refractivity contribution in [2.45, 2.75) is 39.2 Å². The highest BCUT2D eigenvalue weighted by molar-refractivity contribution is 5.90. The largest absolute Gasteiger partial charge is 0.497 e. The lowest BCUT2D eigenvalue weighted by molar-refractivity contribution is 0.242. The van der Waals surface area contributed by atoms with Crippen LogP contribution in [0.3, 0.4) is 0 Å². The zero-order valence-electron chi connectivity index (χ0n) is 15.0. The number of para-hydroxylation sites is 1. The minimum atomic E-state index is -0.497. The van der Waals surface area contributed by atoms with E-state index >= 15 is 0 Å². The first kappa shape index (κ1) is 17.9. The molecule has 0 atom stereocenters. The third kappa shape index (κ3) is 4.28. The van der Waals surface area contributed by atoms with Crippen molar-refractivity contribution < 1.29 is 9.53 Å². The average Bonchev–Trinajstić information content (AvgIpc) is 2.54. The SMILES string of the molecule is COc1ccc(C(C)(C)NC(=O)Nc2ccccc2C(C)C)cc1. The Kier molecular flexibility index (Phi) is 5.50. The molecule has 0 spiro atoms. The first-order valence-electron chi connectivity index (χ1n) is 8.16. The van der Waals surface area contributed by atoms with Gasteiger partial charge in [0.25, 0.3) is 0 Å². The van der Waals surface area contributed by atoms with E-state index in [1.54, 1.807) is 7.11 Å². The molecule has 0 aliphatic rings. The lowest BCUT2D eigenvalue weighted by Gasteiger charge is -2.27. The number of methoxy groups -OCH3 is 1. The molecule has 0 bridgehead atoms. The Balaban J connectivity index is 2.10. The van der Waals surface area contributed by atoms with Gasteiger partial charge in [0.15, 0.2) is 0 Å². The summed E-state index contributed by atoms with van der Waals surface area (Å²) in [7, 11) is 1.64. The number of hydrogen-bond acceptors (Lipinski definition) is 2. The molecule has 0 aromatic heterocycles. The summed E-state index contributed by atoms with van der Waals surface area (Å²) in [5.74, 6) is 1.14. The second-order valence-corrected chi connectivity index (χ2v) is 6.67. The third-order valence-electron chi connectivity index (χ3n) is 4.07. The number of anilines is 1. The maximum Gasteiger partial charge on any atom is 0.319 e. The number of urea groups is 1. The van der Waals surface area contributed by atoms with E-state index in [2.05, 4.69) is 24.5 Å². The van der Waals surface area contributed by atoms with Gasteiger partial charge in [0.05, 0.1) is 12.6 Å². The van der Waals surface area contributed by atoms with Crippen molar-refractivity contribution in [2.24, 2.45) is 0 Å². The molecule has 0 heterocycles. The van der Waals surface area contributed by atoms with E-state index in [0.29, 0.717) is 5.92 Å². The fourth-order valence-electron chi connectivity index (χ4n) is 2.63. The molecule has 24 heavy (non-hydrogen) atoms. The number of amides is 2. The minimum absolute atomic E-state index is 0.219. The number of benzene rings is 2. The zero-order chi connectivity index (χ0) is 17.7. The topological polar surface area (TPSA) is 50.4 Å². The summed E-state index contributed by atoms with van der Waals surface area (Å²) >= 11 is 0. The van der Waals surface area contributed by atoms with Crippen molar-refractivity contribution in [1.82, 2.24) is 5.32 Å². The Morgan fingerprint density at radius 2 is 1.67 bits per heavy atom. The van der Waals surface area contributed by atoms with Crippen LogP contribution in [-0.2, 0) is 5.54 Å². The summed E-state index contributed by atoms with van der Waals surface area (Å²) in [5, 5.41) is 6.00. The lowest BCUT2D eigenvalue weighted by Crippen LogP contribution is -2.43. The summed E-state index contributed by atoms with van der Waals surface area (Å²) in [6.07, 6.45) is 0. The molecule has 0 unspecified atom stereocenters. The Bertz CT molecular complexity index is 691. The van der Waals surface area contributed by atoms with Crippen LogP contribution in [0.25, 0.3) is 0 Å². The first-order chi connectivity index (χ1) is 11.3. The predicted molar refractivity (Wildman–Crippen MR) is 98.7 cm³/mol. The van der Waals surface area contributed by atoms with Crippen molar-refractivity contribution in [3.05, 3.63) is 59.7 Å². The van der Waals surface area contributed by atoms with E-state index in [9.17, 15) is 4.79 Å². The molecule has 4 heteroatoms. The Morgan fingerprint density at radius 1 is 1.04 bits per heavy atom. The van der Waals surface area contributed by atoms with Crippen molar-refractivity contribution in [1.29, 1.82) is 0 Å². The maximum absolute atomic E-state index is 12.5. The van der Waals surface area contributed by atoms with Crippen LogP contribution >= 0.6 is 0 Å². The van der Waals surface area contributed by atoms with E-state index < -0.39 is 5.54 Å². The van der Waals surface area contributed by atoms with Crippen LogP contribution in [0.5, 0.6) is 5.75 Å². The highest BCUT2D eigenvalue weighted by Crippen LogP contribution is 2.25. The van der Waals surface area contributed by atoms with E-state index in [1.165, 1.54) is 0 Å². The van der Waals surface area contributed by atoms with Crippen molar-refractivity contribution in [3.8, 4) is 5.75 Å². The van der Waals surface area contributed by atoms with Crippen LogP contribution in [0.4, 0.5) is 10.5 Å². The zero-order valence-corrected chi connectivity index (χ0v) is 15.0. The molecule has 0 saturated carbocycles. The van der Waals surface area contributed by atoms with Gasteiger partial charge >= 0.3 is 6.03 Å². The average molecular weight is 326 g/mol. The quantitative estimate of drug-likeness (QED) is 0.823. The molecule has 0 fully saturated rings. The predicted octanol–water partition coefficient (Wildman–Crippen LogP) is 4.88. The number of nitrogens with one attached hydrogen (secondary N) is 2. The monoisotopic (exact) mass is 326 g/mol. The molecular weight excluding hydrogens is 300 g/mol. The van der Waals surface area contributed by atoms with Gasteiger partial charge in [-0.15, -0.1) is 0 Å². The molecule has 0 aliphatic carbocycles. The van der Waals surface area contributed by atoms with Crippen LogP contribution in [0.2, 0.25) is 0 Å². The number of carbonyl (C=O) groups is 1. The lowest BCUT2D eigenvalue weighted by atomic mass is 9.94. The highest BCUT2D eigenvalue weighted by Gasteiger charge is 2.23. The van der Waals surface area contributed by atoms with Crippen molar-refractivity contribution in [2.75, 3.05) is 12.4 Å². The van der Waals surface area contributed by atoms with Crippen molar-refractivity contribution >= 4 is 11.7 Å². The first-order valence-corrected chi connectivity index (χ1v) is 8.16. The maximum atomic E-state index is 12.5. The fraction of sp³-hybridized carbons (Fsp3) is 0.350. The summed E-state index contributed by atoms with van der Waals surface area (Å²) in [6.45, 7) is 8.17. The molecule has 0 aliphatic heterocycles. The van der Waals surface area contributed by atoms with E-state index in [0.717, 1.165) is 22.6 Å². The highest BCUT2D eigenvalue weighted by atomic mass is 16.5. The molecule has 2 aromatic rings. The van der Waals surface area contributed by atoms with Crippen LogP contribution in [-0.4, -0.2) is 13.1 Å². The second kappa shape index (κ2) is 7.39. The number of ether oxygens (including phenoxy) is 1. The molecule has 2 rings (SSSR count). The minimum Gasteiger partial charge on any atom is -0.497 e. The van der Waals surface area contributed by atoms with Crippen molar-refractivity contribution in [3.63, 3.8) is 0 Å². The van der Waals surface area contributed by atoms with Gasteiger partial charge in [0.2, 0.25) is 0 Å². The summed E-state index contributed by atoms with van der Waals surface area (Å²) < 4.78 is 5.18. The Labute approximate surface area is 144 Å². The summed E-state index contributed by atoms with van der Waals surface area (Å²) in [5.41, 5.74) is 2.48. The summed E-state index contributed by atoms with van der Waals surface area (Å²) in [6, 6.07) is 15.4. The Morgan fingerprint density at radius 3 is 2.25 bits per heavy atom. The molecule has 4 nitrogen and oxygen atoms in total. The number of hydrogen-bond donors (Lipinski definition) is 2. The van der Waals surface area contributed by atoms with Gasteiger partial charge in [-0.25, -0.2) is 4.79 Å². The normalized spacial score (nSPS) is 11.2. The molecule has 2 N–H and O–H groups in total. The van der Waals surface area contributed by atoms with E-state index in [4.69, 9.17) is 4.74 Å². The van der Waals surface area contributed by atoms with Gasteiger partial charge in [0, 0.05) is 5.69 Å². The van der Waals surface area contributed by atoms with Gasteiger partial charge in [0.1, 0.15) is 5.75 Å².